The Kier molecular flexibility index (Phi) is 5.86. The number of ether oxygens (including phenoxy) is 2. The predicted octanol–water partition coefficient (Wildman–Crippen LogP) is 3.48. The average Bonchev–Trinajstić information content (AvgIpc) is 2.42. The van der Waals surface area contributed by atoms with E-state index in [2.05, 4.69) is 18.4 Å². The molecule has 1 atom stereocenters. The van der Waals surface area contributed by atoms with Crippen molar-refractivity contribution in [3.8, 4) is 11.8 Å². The van der Waals surface area contributed by atoms with E-state index in [1.54, 1.807) is 20.8 Å². The summed E-state index contributed by atoms with van der Waals surface area (Å²) in [5.41, 5.74) is 0.417. The van der Waals surface area contributed by atoms with Crippen molar-refractivity contribution in [2.24, 2.45) is 5.41 Å². The number of rotatable bonds is 4. The lowest BCUT2D eigenvalue weighted by Crippen LogP contribution is -2.23. The summed E-state index contributed by atoms with van der Waals surface area (Å²) in [5.74, 6) is 5.46. The Labute approximate surface area is 120 Å². The van der Waals surface area contributed by atoms with Crippen LogP contribution in [0.4, 0.5) is 0 Å². The van der Waals surface area contributed by atoms with E-state index in [0.29, 0.717) is 0 Å². The largest absolute Gasteiger partial charge is 0.481 e. The molecule has 1 rings (SSSR count). The van der Waals surface area contributed by atoms with Gasteiger partial charge in [0.2, 0.25) is 0 Å². The summed E-state index contributed by atoms with van der Waals surface area (Å²) in [6.45, 7) is 9.00. The van der Waals surface area contributed by atoms with E-state index in [1.165, 1.54) is 6.26 Å². The van der Waals surface area contributed by atoms with Crippen LogP contribution in [0.15, 0.2) is 43.2 Å². The van der Waals surface area contributed by atoms with Gasteiger partial charge in [-0.05, 0) is 20.8 Å². The van der Waals surface area contributed by atoms with E-state index < -0.39 is 11.5 Å². The molecule has 0 aliphatic carbocycles. The van der Waals surface area contributed by atoms with Crippen LogP contribution >= 0.6 is 0 Å². The highest BCUT2D eigenvalue weighted by atomic mass is 16.5. The van der Waals surface area contributed by atoms with Crippen molar-refractivity contribution in [3.63, 3.8) is 0 Å². The summed E-state index contributed by atoms with van der Waals surface area (Å²) in [7, 11) is 0. The topological polar surface area (TPSA) is 35.5 Å². The average molecular weight is 272 g/mol. The number of carbonyl (C=O) groups excluding carboxylic acids is 1. The van der Waals surface area contributed by atoms with E-state index in [0.717, 1.165) is 5.56 Å². The molecular formula is C17H20O3. The molecule has 0 spiro atoms. The molecule has 0 N–H and O–H groups in total. The van der Waals surface area contributed by atoms with Crippen molar-refractivity contribution in [1.82, 2.24) is 0 Å². The van der Waals surface area contributed by atoms with Gasteiger partial charge in [-0.25, -0.2) is 0 Å². The number of benzene rings is 1. The second-order valence-electron chi connectivity index (χ2n) is 5.24. The molecule has 3 nitrogen and oxygen atoms in total. The van der Waals surface area contributed by atoms with Crippen LogP contribution in [0.3, 0.4) is 0 Å². The van der Waals surface area contributed by atoms with Crippen LogP contribution in [-0.2, 0) is 14.3 Å². The minimum atomic E-state index is -0.516. The highest BCUT2D eigenvalue weighted by Gasteiger charge is 2.22. The molecule has 20 heavy (non-hydrogen) atoms. The van der Waals surface area contributed by atoms with Gasteiger partial charge < -0.3 is 9.47 Å². The van der Waals surface area contributed by atoms with Crippen molar-refractivity contribution in [2.45, 2.75) is 26.9 Å². The third kappa shape index (κ3) is 5.19. The highest BCUT2D eigenvalue weighted by molar-refractivity contribution is 5.75. The Morgan fingerprint density at radius 3 is 2.55 bits per heavy atom. The Balaban J connectivity index is 2.62. The molecule has 1 aromatic carbocycles. The predicted molar refractivity (Wildman–Crippen MR) is 78.7 cm³/mol. The molecule has 0 amide bonds. The maximum absolute atomic E-state index is 11.6. The zero-order valence-corrected chi connectivity index (χ0v) is 12.2. The van der Waals surface area contributed by atoms with Crippen molar-refractivity contribution in [3.05, 3.63) is 48.7 Å². The summed E-state index contributed by atoms with van der Waals surface area (Å²) < 4.78 is 10.4. The zero-order valence-electron chi connectivity index (χ0n) is 12.2. The Bertz CT molecular complexity index is 501. The fourth-order valence-corrected chi connectivity index (χ4v) is 1.37. The summed E-state index contributed by atoms with van der Waals surface area (Å²) >= 11 is 0. The first-order valence-corrected chi connectivity index (χ1v) is 6.42. The molecular weight excluding hydrogens is 252 g/mol. The van der Waals surface area contributed by atoms with Crippen molar-refractivity contribution in [2.75, 3.05) is 6.61 Å². The number of carbonyl (C=O) groups is 1. The summed E-state index contributed by atoms with van der Waals surface area (Å²) in [4.78, 5) is 11.6. The van der Waals surface area contributed by atoms with Crippen molar-refractivity contribution in [1.29, 1.82) is 0 Å². The van der Waals surface area contributed by atoms with Crippen molar-refractivity contribution < 1.29 is 14.3 Å². The molecule has 0 heterocycles. The van der Waals surface area contributed by atoms with Crippen LogP contribution in [0.2, 0.25) is 0 Å². The third-order valence-electron chi connectivity index (χ3n) is 2.46. The molecule has 1 unspecified atom stereocenters. The lowest BCUT2D eigenvalue weighted by molar-refractivity contribution is -0.151. The Hall–Kier alpha value is -2.21. The van der Waals surface area contributed by atoms with Gasteiger partial charge in [0.25, 0.3) is 0 Å². The van der Waals surface area contributed by atoms with E-state index in [1.807, 2.05) is 30.3 Å². The lowest BCUT2D eigenvalue weighted by atomic mass is 9.97. The molecule has 0 bridgehead atoms. The van der Waals surface area contributed by atoms with Gasteiger partial charge in [-0.3, -0.25) is 4.79 Å². The maximum Gasteiger partial charge on any atom is 0.312 e. The second kappa shape index (κ2) is 7.40. The fraction of sp³-hybridized carbons (Fsp3) is 0.353. The van der Waals surface area contributed by atoms with E-state index >= 15 is 0 Å². The zero-order chi connectivity index (χ0) is 15.0. The second-order valence-corrected chi connectivity index (χ2v) is 5.24. The molecule has 0 aromatic heterocycles. The van der Waals surface area contributed by atoms with E-state index in [9.17, 15) is 4.79 Å². The minimum Gasteiger partial charge on any atom is -0.481 e. The molecule has 3 heteroatoms. The quantitative estimate of drug-likeness (QED) is 0.478. The van der Waals surface area contributed by atoms with Gasteiger partial charge >= 0.3 is 5.97 Å². The smallest absolute Gasteiger partial charge is 0.312 e. The molecule has 0 fully saturated rings. The standard InChI is InChI=1S/C17H20O3/c1-5-19-15(14-10-7-6-8-11-14)12-9-13-20-16(18)17(2,3)4/h5-8,10-11,15H,1,13H2,2-4H3. The summed E-state index contributed by atoms with van der Waals surface area (Å²) in [6, 6.07) is 9.59. The van der Waals surface area contributed by atoms with Crippen LogP contribution in [0.5, 0.6) is 0 Å². The molecule has 0 aliphatic heterocycles. The fourth-order valence-electron chi connectivity index (χ4n) is 1.37. The minimum absolute atomic E-state index is 0.0555. The molecule has 1 aromatic rings. The molecule has 0 radical (unpaired) electrons. The van der Waals surface area contributed by atoms with Gasteiger partial charge in [0.15, 0.2) is 12.7 Å². The lowest BCUT2D eigenvalue weighted by Gasteiger charge is -2.15. The normalized spacial score (nSPS) is 11.8. The molecule has 106 valence electrons. The van der Waals surface area contributed by atoms with Crippen molar-refractivity contribution >= 4 is 5.97 Å². The monoisotopic (exact) mass is 272 g/mol. The van der Waals surface area contributed by atoms with Crippen LogP contribution in [0.1, 0.15) is 32.4 Å². The molecule has 0 saturated heterocycles. The van der Waals surface area contributed by atoms with E-state index in [-0.39, 0.29) is 12.6 Å². The first kappa shape index (κ1) is 15.8. The van der Waals surface area contributed by atoms with Gasteiger partial charge in [-0.15, -0.1) is 0 Å². The van der Waals surface area contributed by atoms with Crippen LogP contribution < -0.4 is 0 Å². The van der Waals surface area contributed by atoms with Crippen LogP contribution in [0, 0.1) is 17.3 Å². The number of hydrogen-bond donors (Lipinski definition) is 0. The SMILES string of the molecule is C=COC(C#CCOC(=O)C(C)(C)C)c1ccccc1. The van der Waals surface area contributed by atoms with Crippen LogP contribution in [0.25, 0.3) is 0 Å². The first-order valence-electron chi connectivity index (χ1n) is 6.42. The first-order chi connectivity index (χ1) is 9.45. The third-order valence-corrected chi connectivity index (χ3v) is 2.46. The highest BCUT2D eigenvalue weighted by Crippen LogP contribution is 2.16. The Morgan fingerprint density at radius 2 is 2.00 bits per heavy atom. The van der Waals surface area contributed by atoms with Gasteiger partial charge in [0.1, 0.15) is 0 Å². The number of esters is 1. The van der Waals surface area contributed by atoms with Gasteiger partial charge in [-0.2, -0.15) is 0 Å². The van der Waals surface area contributed by atoms with Crippen LogP contribution in [-0.4, -0.2) is 12.6 Å². The summed E-state index contributed by atoms with van der Waals surface area (Å²) in [5, 5.41) is 0. The van der Waals surface area contributed by atoms with Gasteiger partial charge in [0.05, 0.1) is 11.7 Å². The van der Waals surface area contributed by atoms with E-state index in [4.69, 9.17) is 9.47 Å². The Morgan fingerprint density at radius 1 is 1.35 bits per heavy atom. The van der Waals surface area contributed by atoms with Gasteiger partial charge in [-0.1, -0.05) is 48.8 Å². The molecule has 0 saturated carbocycles. The maximum atomic E-state index is 11.6. The van der Waals surface area contributed by atoms with Gasteiger partial charge in [0, 0.05) is 5.56 Å². The number of hydrogen-bond acceptors (Lipinski definition) is 3. The molecule has 0 aliphatic rings. The summed E-state index contributed by atoms with van der Waals surface area (Å²) in [6.07, 6.45) is 0.954.